The second-order valence-electron chi connectivity index (χ2n) is 7.20. The number of nitrogens with zero attached hydrogens (tertiary/aromatic N) is 3. The minimum atomic E-state index is -4.49. The van der Waals surface area contributed by atoms with Crippen molar-refractivity contribution in [1.29, 1.82) is 0 Å². The number of aryl methyl sites for hydroxylation is 1. The highest BCUT2D eigenvalue weighted by Gasteiger charge is 2.30. The van der Waals surface area contributed by atoms with Gasteiger partial charge < -0.3 is 19.9 Å². The summed E-state index contributed by atoms with van der Waals surface area (Å²) in [4.78, 5) is 20.7. The van der Waals surface area contributed by atoms with E-state index in [1.54, 1.807) is 35.4 Å². The van der Waals surface area contributed by atoms with Crippen LogP contribution in [0, 0.1) is 5.82 Å². The number of amides is 2. The first-order valence-electron chi connectivity index (χ1n) is 9.84. The Balaban J connectivity index is 1.44. The number of carbonyl (C=O) groups excluding carboxylic acids is 1. The minimum absolute atomic E-state index is 0.108. The number of urea groups is 1. The smallest absolute Gasteiger partial charge is 0.416 e. The van der Waals surface area contributed by atoms with Gasteiger partial charge in [0.05, 0.1) is 23.3 Å². The zero-order chi connectivity index (χ0) is 24.3. The molecule has 0 aliphatic rings. The molecule has 0 bridgehead atoms. The number of rotatable bonds is 5. The summed E-state index contributed by atoms with van der Waals surface area (Å²) >= 11 is 0. The van der Waals surface area contributed by atoms with E-state index >= 15 is 0 Å². The molecule has 11 heteroatoms. The Bertz CT molecular complexity index is 1320. The van der Waals surface area contributed by atoms with Gasteiger partial charge in [-0.15, -0.1) is 0 Å². The molecular formula is C23H17F4N5O2. The SMILES string of the molecule is Cn1cnc(-c2cc(Oc3ccc(F)c(NC(=O)Nc4ccc(C(F)(F)F)cc4)c3)ccn2)c1. The highest BCUT2D eigenvalue weighted by atomic mass is 19.4. The van der Waals surface area contributed by atoms with Crippen LogP contribution in [0.5, 0.6) is 11.5 Å². The maximum absolute atomic E-state index is 14.2. The third-order valence-corrected chi connectivity index (χ3v) is 4.59. The number of alkyl halides is 3. The molecule has 0 saturated carbocycles. The number of pyridine rings is 1. The Morgan fingerprint density at radius 1 is 0.941 bits per heavy atom. The second kappa shape index (κ2) is 9.22. The molecule has 0 atom stereocenters. The van der Waals surface area contributed by atoms with Gasteiger partial charge >= 0.3 is 12.2 Å². The monoisotopic (exact) mass is 471 g/mol. The van der Waals surface area contributed by atoms with Crippen molar-refractivity contribution in [3.8, 4) is 22.9 Å². The molecule has 2 heterocycles. The van der Waals surface area contributed by atoms with Gasteiger partial charge in [-0.2, -0.15) is 13.2 Å². The normalized spacial score (nSPS) is 11.2. The van der Waals surface area contributed by atoms with E-state index in [0.717, 1.165) is 30.3 Å². The van der Waals surface area contributed by atoms with Gasteiger partial charge in [-0.25, -0.2) is 14.2 Å². The standard InChI is InChI=1S/C23H17F4N5O2/c1-32-12-21(29-13-32)20-11-17(8-9-28-20)34-16-6-7-18(24)19(10-16)31-22(33)30-15-4-2-14(3-5-15)23(25,26)27/h2-13H,1H3,(H2,30,31,33). The van der Waals surface area contributed by atoms with Crippen molar-refractivity contribution < 1.29 is 27.1 Å². The molecule has 0 saturated heterocycles. The average Bonchev–Trinajstić information content (AvgIpc) is 3.22. The van der Waals surface area contributed by atoms with Gasteiger partial charge in [-0.3, -0.25) is 4.98 Å². The van der Waals surface area contributed by atoms with Gasteiger partial charge in [-0.1, -0.05) is 0 Å². The first-order valence-corrected chi connectivity index (χ1v) is 9.84. The van der Waals surface area contributed by atoms with E-state index in [2.05, 4.69) is 20.6 Å². The Morgan fingerprint density at radius 2 is 1.68 bits per heavy atom. The zero-order valence-electron chi connectivity index (χ0n) is 17.6. The Morgan fingerprint density at radius 3 is 2.35 bits per heavy atom. The maximum Gasteiger partial charge on any atom is 0.416 e. The van der Waals surface area contributed by atoms with Crippen molar-refractivity contribution in [1.82, 2.24) is 14.5 Å². The fraction of sp³-hybridized carbons (Fsp3) is 0.0870. The van der Waals surface area contributed by atoms with Crippen LogP contribution in [0.1, 0.15) is 5.56 Å². The summed E-state index contributed by atoms with van der Waals surface area (Å²) in [5.74, 6) is -0.0642. The summed E-state index contributed by atoms with van der Waals surface area (Å²) in [6, 6.07) is 10.1. The fourth-order valence-corrected chi connectivity index (χ4v) is 2.99. The first kappa shape index (κ1) is 22.8. The molecule has 0 spiro atoms. The van der Waals surface area contributed by atoms with E-state index in [0.29, 0.717) is 17.1 Å². The van der Waals surface area contributed by atoms with Crippen molar-refractivity contribution in [3.63, 3.8) is 0 Å². The molecule has 0 radical (unpaired) electrons. The Labute approximate surface area is 191 Å². The van der Waals surface area contributed by atoms with Crippen LogP contribution in [0.2, 0.25) is 0 Å². The fourth-order valence-electron chi connectivity index (χ4n) is 2.99. The first-order chi connectivity index (χ1) is 16.2. The molecule has 4 rings (SSSR count). The average molecular weight is 471 g/mol. The summed E-state index contributed by atoms with van der Waals surface area (Å²) < 4.78 is 59.8. The quantitative estimate of drug-likeness (QED) is 0.346. The summed E-state index contributed by atoms with van der Waals surface area (Å²) in [7, 11) is 1.83. The van der Waals surface area contributed by atoms with Crippen LogP contribution >= 0.6 is 0 Å². The summed E-state index contributed by atoms with van der Waals surface area (Å²) in [6.45, 7) is 0. The van der Waals surface area contributed by atoms with Gasteiger partial charge in [0, 0.05) is 37.3 Å². The van der Waals surface area contributed by atoms with Crippen LogP contribution in [0.15, 0.2) is 73.3 Å². The molecular weight excluding hydrogens is 454 g/mol. The second-order valence-corrected chi connectivity index (χ2v) is 7.20. The number of imidazole rings is 1. The van der Waals surface area contributed by atoms with Crippen molar-refractivity contribution in [2.24, 2.45) is 7.05 Å². The molecule has 34 heavy (non-hydrogen) atoms. The number of ether oxygens (including phenoxy) is 1. The lowest BCUT2D eigenvalue weighted by molar-refractivity contribution is -0.137. The number of aromatic nitrogens is 3. The summed E-state index contributed by atoms with van der Waals surface area (Å²) in [5, 5.41) is 4.67. The molecule has 0 aliphatic heterocycles. The van der Waals surface area contributed by atoms with Crippen molar-refractivity contribution in [3.05, 3.63) is 84.7 Å². The molecule has 2 N–H and O–H groups in total. The Hall–Kier alpha value is -4.41. The van der Waals surface area contributed by atoms with Crippen molar-refractivity contribution in [2.45, 2.75) is 6.18 Å². The third kappa shape index (κ3) is 5.49. The van der Waals surface area contributed by atoms with Crippen molar-refractivity contribution >= 4 is 17.4 Å². The van der Waals surface area contributed by atoms with Crippen LogP contribution in [0.3, 0.4) is 0 Å². The number of hydrogen-bond donors (Lipinski definition) is 2. The van der Waals surface area contributed by atoms with Crippen molar-refractivity contribution in [2.75, 3.05) is 10.6 Å². The molecule has 174 valence electrons. The van der Waals surface area contributed by atoms with Gasteiger partial charge in [0.15, 0.2) is 0 Å². The van der Waals surface area contributed by atoms with Crippen LogP contribution < -0.4 is 15.4 Å². The molecule has 0 unspecified atom stereocenters. The third-order valence-electron chi connectivity index (χ3n) is 4.59. The molecule has 7 nitrogen and oxygen atoms in total. The molecule has 4 aromatic rings. The number of nitrogens with one attached hydrogen (secondary N) is 2. The lowest BCUT2D eigenvalue weighted by Crippen LogP contribution is -2.20. The largest absolute Gasteiger partial charge is 0.457 e. The maximum atomic E-state index is 14.2. The van der Waals surface area contributed by atoms with Gasteiger partial charge in [-0.05, 0) is 42.5 Å². The molecule has 2 aromatic heterocycles. The van der Waals surface area contributed by atoms with Crippen LogP contribution in [0.25, 0.3) is 11.4 Å². The summed E-state index contributed by atoms with van der Waals surface area (Å²) in [6.07, 6.45) is 0.483. The van der Waals surface area contributed by atoms with E-state index in [9.17, 15) is 22.4 Å². The molecule has 0 aliphatic carbocycles. The molecule has 0 fully saturated rings. The van der Waals surface area contributed by atoms with E-state index in [1.165, 1.54) is 12.1 Å². The van der Waals surface area contributed by atoms with Gasteiger partial charge in [0.1, 0.15) is 23.0 Å². The number of benzene rings is 2. The minimum Gasteiger partial charge on any atom is -0.457 e. The summed E-state index contributed by atoms with van der Waals surface area (Å²) in [5.41, 5.74) is 0.304. The number of carbonyl (C=O) groups is 1. The van der Waals surface area contributed by atoms with E-state index < -0.39 is 23.6 Å². The number of anilines is 2. The van der Waals surface area contributed by atoms with Crippen LogP contribution in [-0.4, -0.2) is 20.6 Å². The van der Waals surface area contributed by atoms with E-state index in [1.807, 2.05) is 7.05 Å². The van der Waals surface area contributed by atoms with E-state index in [4.69, 9.17) is 4.74 Å². The lowest BCUT2D eigenvalue weighted by Gasteiger charge is -2.12. The zero-order valence-corrected chi connectivity index (χ0v) is 17.6. The highest BCUT2D eigenvalue weighted by Crippen LogP contribution is 2.30. The van der Waals surface area contributed by atoms with Crippen LogP contribution in [-0.2, 0) is 13.2 Å². The topological polar surface area (TPSA) is 81.1 Å². The van der Waals surface area contributed by atoms with Gasteiger partial charge in [0.25, 0.3) is 0 Å². The highest BCUT2D eigenvalue weighted by molar-refractivity contribution is 5.99. The number of halogens is 4. The van der Waals surface area contributed by atoms with Crippen LogP contribution in [0.4, 0.5) is 33.7 Å². The van der Waals surface area contributed by atoms with Gasteiger partial charge in [0.2, 0.25) is 0 Å². The number of hydrogen-bond acceptors (Lipinski definition) is 4. The predicted molar refractivity (Wildman–Crippen MR) is 117 cm³/mol. The van der Waals surface area contributed by atoms with E-state index in [-0.39, 0.29) is 17.1 Å². The Kier molecular flexibility index (Phi) is 6.17. The molecule has 2 amide bonds. The molecule has 2 aromatic carbocycles. The predicted octanol–water partition coefficient (Wildman–Crippen LogP) is 6.08. The lowest BCUT2D eigenvalue weighted by atomic mass is 10.2.